The summed E-state index contributed by atoms with van der Waals surface area (Å²) >= 11 is 0. The van der Waals surface area contributed by atoms with E-state index in [1.54, 1.807) is 4.90 Å². The number of aryl methyl sites for hydroxylation is 1. The van der Waals surface area contributed by atoms with Crippen molar-refractivity contribution in [3.8, 4) is 0 Å². The third-order valence-corrected chi connectivity index (χ3v) is 5.60. The lowest BCUT2D eigenvalue weighted by Gasteiger charge is -2.29. The molecule has 0 aliphatic carbocycles. The molecule has 0 bridgehead atoms. The Morgan fingerprint density at radius 2 is 1.48 bits per heavy atom. The number of amides is 3. The van der Waals surface area contributed by atoms with Gasteiger partial charge in [0.2, 0.25) is 5.91 Å². The van der Waals surface area contributed by atoms with Crippen molar-refractivity contribution in [1.82, 2.24) is 15.5 Å². The topological polar surface area (TPSA) is 87.7 Å². The summed E-state index contributed by atoms with van der Waals surface area (Å²) in [5.41, 5.74) is 1.85. The number of ether oxygens (including phenoxy) is 1. The highest BCUT2D eigenvalue weighted by atomic mass is 19.1. The minimum absolute atomic E-state index is 0.248. The van der Waals surface area contributed by atoms with Crippen molar-refractivity contribution < 1.29 is 23.5 Å². The van der Waals surface area contributed by atoms with Gasteiger partial charge in [-0.15, -0.1) is 0 Å². The first-order valence-electron chi connectivity index (χ1n) is 11.2. The fraction of sp³-hybridized carbons (Fsp3) is 0.400. The van der Waals surface area contributed by atoms with Crippen molar-refractivity contribution in [2.45, 2.75) is 31.3 Å². The molecular formula is C25H30FN3O4. The molecule has 2 aromatic carbocycles. The van der Waals surface area contributed by atoms with Gasteiger partial charge in [-0.25, -0.2) is 9.18 Å². The first-order valence-corrected chi connectivity index (χ1v) is 11.2. The minimum Gasteiger partial charge on any atom is -0.378 e. The molecule has 3 amide bonds. The fourth-order valence-corrected chi connectivity index (χ4v) is 3.70. The van der Waals surface area contributed by atoms with Crippen molar-refractivity contribution in [1.29, 1.82) is 0 Å². The van der Waals surface area contributed by atoms with Crippen molar-refractivity contribution in [3.05, 3.63) is 71.8 Å². The van der Waals surface area contributed by atoms with Gasteiger partial charge in [0.15, 0.2) is 5.78 Å². The maximum absolute atomic E-state index is 13.2. The van der Waals surface area contributed by atoms with Crippen molar-refractivity contribution in [3.63, 3.8) is 0 Å². The van der Waals surface area contributed by atoms with E-state index in [1.807, 2.05) is 60.7 Å². The highest BCUT2D eigenvalue weighted by molar-refractivity contribution is 5.93. The lowest BCUT2D eigenvalue weighted by Crippen LogP contribution is -2.56. The molecule has 33 heavy (non-hydrogen) atoms. The van der Waals surface area contributed by atoms with E-state index in [1.165, 1.54) is 0 Å². The molecule has 0 saturated carbocycles. The molecule has 2 atom stereocenters. The number of rotatable bonds is 10. The van der Waals surface area contributed by atoms with Crippen LogP contribution < -0.4 is 10.6 Å². The molecular weight excluding hydrogens is 425 g/mol. The van der Waals surface area contributed by atoms with Crippen LogP contribution in [-0.4, -0.2) is 67.7 Å². The summed E-state index contributed by atoms with van der Waals surface area (Å²) in [5.74, 6) is -1.20. The molecule has 3 rings (SSSR count). The number of morpholine rings is 1. The van der Waals surface area contributed by atoms with Crippen LogP contribution in [0.3, 0.4) is 0 Å². The van der Waals surface area contributed by atoms with Crippen LogP contribution in [0.15, 0.2) is 60.7 Å². The highest BCUT2D eigenvalue weighted by Crippen LogP contribution is 2.09. The predicted molar refractivity (Wildman–Crippen MR) is 123 cm³/mol. The number of urea groups is 1. The number of nitrogens with one attached hydrogen (secondary N) is 2. The van der Waals surface area contributed by atoms with Crippen molar-refractivity contribution in [2.24, 2.45) is 0 Å². The van der Waals surface area contributed by atoms with Crippen molar-refractivity contribution >= 4 is 17.7 Å². The van der Waals surface area contributed by atoms with Crippen LogP contribution >= 0.6 is 0 Å². The standard InChI is InChI=1S/C25H30FN3O4/c26-18-23(30)21(12-11-19-7-3-1-4-8-19)27-24(31)22(17-20-9-5-2-6-10-20)28-25(32)29-13-15-33-16-14-29/h1-10,21-22H,11-18H2,(H,27,31)(H,28,32)/t21?,22-/m0/s1. The predicted octanol–water partition coefficient (Wildman–Crippen LogP) is 2.30. The third kappa shape index (κ3) is 7.68. The summed E-state index contributed by atoms with van der Waals surface area (Å²) in [7, 11) is 0. The number of benzene rings is 2. The molecule has 0 radical (unpaired) electrons. The number of halogens is 1. The second kappa shape index (κ2) is 12.7. The number of nitrogens with zero attached hydrogens (tertiary/aromatic N) is 1. The van der Waals surface area contributed by atoms with Crippen molar-refractivity contribution in [2.75, 3.05) is 33.0 Å². The van der Waals surface area contributed by atoms with Crippen LogP contribution in [0.4, 0.5) is 9.18 Å². The van der Waals surface area contributed by atoms with E-state index >= 15 is 0 Å². The number of alkyl halides is 1. The molecule has 1 saturated heterocycles. The van der Waals surface area contributed by atoms with E-state index in [-0.39, 0.29) is 18.9 Å². The zero-order chi connectivity index (χ0) is 23.5. The van der Waals surface area contributed by atoms with Gasteiger partial charge in [0.1, 0.15) is 12.7 Å². The van der Waals surface area contributed by atoms with Gasteiger partial charge < -0.3 is 20.3 Å². The Morgan fingerprint density at radius 3 is 2.09 bits per heavy atom. The maximum atomic E-state index is 13.2. The van der Waals surface area contributed by atoms with Gasteiger partial charge in [0, 0.05) is 19.5 Å². The number of hydrogen-bond donors (Lipinski definition) is 2. The Kier molecular flexibility index (Phi) is 9.38. The Hall–Kier alpha value is -3.26. The molecule has 8 heteroatoms. The molecule has 1 heterocycles. The highest BCUT2D eigenvalue weighted by Gasteiger charge is 2.28. The Bertz CT molecular complexity index is 904. The van der Waals surface area contributed by atoms with E-state index in [9.17, 15) is 18.8 Å². The van der Waals surface area contributed by atoms with E-state index in [0.717, 1.165) is 11.1 Å². The average molecular weight is 456 g/mol. The zero-order valence-electron chi connectivity index (χ0n) is 18.5. The Morgan fingerprint density at radius 1 is 0.879 bits per heavy atom. The molecule has 1 aliphatic heterocycles. The fourth-order valence-electron chi connectivity index (χ4n) is 3.70. The Balaban J connectivity index is 1.69. The Labute approximate surface area is 193 Å². The van der Waals surface area contributed by atoms with Crippen LogP contribution in [0, 0.1) is 0 Å². The number of Topliss-reactive ketones (excluding diaryl/α,β-unsaturated/α-hetero) is 1. The number of carbonyl (C=O) groups is 3. The monoisotopic (exact) mass is 455 g/mol. The molecule has 1 aliphatic rings. The number of carbonyl (C=O) groups excluding carboxylic acids is 3. The number of ketones is 1. The maximum Gasteiger partial charge on any atom is 0.318 e. The van der Waals surface area contributed by atoms with Gasteiger partial charge in [-0.1, -0.05) is 60.7 Å². The molecule has 0 aromatic heterocycles. The van der Waals surface area contributed by atoms with Crippen LogP contribution in [0.25, 0.3) is 0 Å². The van der Waals surface area contributed by atoms with Gasteiger partial charge in [-0.2, -0.15) is 0 Å². The van der Waals surface area contributed by atoms with E-state index in [0.29, 0.717) is 32.7 Å². The normalized spacial score (nSPS) is 15.4. The second-order valence-corrected chi connectivity index (χ2v) is 7.98. The van der Waals surface area contributed by atoms with E-state index in [4.69, 9.17) is 4.74 Å². The number of hydrogen-bond acceptors (Lipinski definition) is 4. The summed E-state index contributed by atoms with van der Waals surface area (Å²) in [6.07, 6.45) is 1.03. The molecule has 2 N–H and O–H groups in total. The van der Waals surface area contributed by atoms with Crippen LogP contribution in [0.1, 0.15) is 17.5 Å². The van der Waals surface area contributed by atoms with Gasteiger partial charge in [-0.05, 0) is 24.0 Å². The van der Waals surface area contributed by atoms with Gasteiger partial charge in [0.05, 0.1) is 19.3 Å². The first kappa shape index (κ1) is 24.4. The summed E-state index contributed by atoms with van der Waals surface area (Å²) in [5, 5.41) is 5.47. The minimum atomic E-state index is -1.16. The van der Waals surface area contributed by atoms with Crippen LogP contribution in [-0.2, 0) is 27.2 Å². The SMILES string of the molecule is O=C(CF)C(CCc1ccccc1)NC(=O)[C@H](Cc1ccccc1)NC(=O)N1CCOCC1. The molecule has 7 nitrogen and oxygen atoms in total. The smallest absolute Gasteiger partial charge is 0.318 e. The lowest BCUT2D eigenvalue weighted by molar-refractivity contribution is -0.129. The quantitative estimate of drug-likeness (QED) is 0.576. The lowest BCUT2D eigenvalue weighted by atomic mass is 10.0. The average Bonchev–Trinajstić information content (AvgIpc) is 2.87. The van der Waals surface area contributed by atoms with Gasteiger partial charge >= 0.3 is 6.03 Å². The summed E-state index contributed by atoms with van der Waals surface area (Å²) < 4.78 is 18.5. The second-order valence-electron chi connectivity index (χ2n) is 7.98. The molecule has 0 spiro atoms. The van der Waals surface area contributed by atoms with E-state index in [2.05, 4.69) is 10.6 Å². The van der Waals surface area contributed by atoms with Crippen LogP contribution in [0.2, 0.25) is 0 Å². The van der Waals surface area contributed by atoms with E-state index < -0.39 is 30.4 Å². The van der Waals surface area contributed by atoms with Gasteiger partial charge in [0.25, 0.3) is 0 Å². The molecule has 1 unspecified atom stereocenters. The molecule has 176 valence electrons. The summed E-state index contributed by atoms with van der Waals surface area (Å²) in [6, 6.07) is 16.5. The van der Waals surface area contributed by atoms with Crippen LogP contribution in [0.5, 0.6) is 0 Å². The molecule has 1 fully saturated rings. The zero-order valence-corrected chi connectivity index (χ0v) is 18.5. The largest absolute Gasteiger partial charge is 0.378 e. The summed E-state index contributed by atoms with van der Waals surface area (Å²) in [4.78, 5) is 39.7. The third-order valence-electron chi connectivity index (χ3n) is 5.60. The van der Waals surface area contributed by atoms with Gasteiger partial charge in [-0.3, -0.25) is 9.59 Å². The molecule has 2 aromatic rings. The summed E-state index contributed by atoms with van der Waals surface area (Å²) in [6.45, 7) is 0.589. The first-order chi connectivity index (χ1) is 16.1.